The summed E-state index contributed by atoms with van der Waals surface area (Å²) in [5.74, 6) is -0.296. The SMILES string of the molecule is Cc1cc(C)n(-c2nc(C(F)(F)F)c(Cc3ccc(Cl)c(Cl)c3)c(=O)[nH]2)n1. The molecule has 3 rings (SSSR count). The molecule has 0 spiro atoms. The lowest BCUT2D eigenvalue weighted by molar-refractivity contribution is -0.141. The van der Waals surface area contributed by atoms with Crippen molar-refractivity contribution in [1.29, 1.82) is 0 Å². The van der Waals surface area contributed by atoms with Crippen molar-refractivity contribution >= 4 is 23.2 Å². The first kappa shape index (κ1) is 19.4. The second-order valence-electron chi connectivity index (χ2n) is 5.98. The predicted octanol–water partition coefficient (Wildman–Crippen LogP) is 4.49. The summed E-state index contributed by atoms with van der Waals surface area (Å²) in [4.78, 5) is 18.5. The first-order valence-corrected chi connectivity index (χ1v) is 8.50. The molecule has 0 atom stereocenters. The number of nitrogens with one attached hydrogen (secondary N) is 1. The van der Waals surface area contributed by atoms with E-state index in [-0.39, 0.29) is 22.4 Å². The maximum atomic E-state index is 13.6. The molecule has 0 aliphatic rings. The van der Waals surface area contributed by atoms with Gasteiger partial charge in [0.05, 0.1) is 21.3 Å². The summed E-state index contributed by atoms with van der Waals surface area (Å²) in [5.41, 5.74) is -1.14. The van der Waals surface area contributed by atoms with Gasteiger partial charge in [0.15, 0.2) is 5.69 Å². The van der Waals surface area contributed by atoms with Gasteiger partial charge in [-0.25, -0.2) is 9.67 Å². The second-order valence-corrected chi connectivity index (χ2v) is 6.79. The van der Waals surface area contributed by atoms with Crippen LogP contribution in [0.5, 0.6) is 0 Å². The predicted molar refractivity (Wildman–Crippen MR) is 95.7 cm³/mol. The monoisotopic (exact) mass is 416 g/mol. The summed E-state index contributed by atoms with van der Waals surface area (Å²) in [6.45, 7) is 3.34. The van der Waals surface area contributed by atoms with Gasteiger partial charge in [-0.1, -0.05) is 29.3 Å². The number of benzene rings is 1. The molecule has 2 heterocycles. The van der Waals surface area contributed by atoms with E-state index < -0.39 is 23.0 Å². The second kappa shape index (κ2) is 7.01. The van der Waals surface area contributed by atoms with Crippen molar-refractivity contribution in [1.82, 2.24) is 19.7 Å². The number of hydrogen-bond donors (Lipinski definition) is 1. The number of alkyl halides is 3. The summed E-state index contributed by atoms with van der Waals surface area (Å²) in [6.07, 6.45) is -5.11. The maximum absolute atomic E-state index is 13.6. The van der Waals surface area contributed by atoms with E-state index >= 15 is 0 Å². The van der Waals surface area contributed by atoms with Gasteiger partial charge in [0.25, 0.3) is 5.56 Å². The maximum Gasteiger partial charge on any atom is 0.433 e. The van der Waals surface area contributed by atoms with Crippen molar-refractivity contribution in [3.05, 3.63) is 72.9 Å². The van der Waals surface area contributed by atoms with E-state index in [9.17, 15) is 18.0 Å². The molecule has 5 nitrogen and oxygen atoms in total. The van der Waals surface area contributed by atoms with Crippen LogP contribution in [0.15, 0.2) is 29.1 Å². The number of rotatable bonds is 3. The zero-order valence-corrected chi connectivity index (χ0v) is 15.7. The topological polar surface area (TPSA) is 63.6 Å². The Morgan fingerprint density at radius 3 is 2.41 bits per heavy atom. The van der Waals surface area contributed by atoms with E-state index in [1.54, 1.807) is 19.9 Å². The van der Waals surface area contributed by atoms with Crippen LogP contribution >= 0.6 is 23.2 Å². The fourth-order valence-electron chi connectivity index (χ4n) is 2.68. The summed E-state index contributed by atoms with van der Waals surface area (Å²) in [6, 6.07) is 6.04. The van der Waals surface area contributed by atoms with Crippen LogP contribution in [0.25, 0.3) is 5.95 Å². The van der Waals surface area contributed by atoms with Crippen LogP contribution in [0.1, 0.15) is 28.2 Å². The van der Waals surface area contributed by atoms with E-state index in [4.69, 9.17) is 23.2 Å². The fourth-order valence-corrected chi connectivity index (χ4v) is 3.00. The van der Waals surface area contributed by atoms with E-state index in [1.807, 2.05) is 0 Å². The van der Waals surface area contributed by atoms with Crippen LogP contribution in [0.3, 0.4) is 0 Å². The number of H-pyrrole nitrogens is 1. The normalized spacial score (nSPS) is 11.8. The standard InChI is InChI=1S/C17H13Cl2F3N4O/c1-8-5-9(2)26(25-8)16-23-14(17(20,21)22)11(15(27)24-16)6-10-3-4-12(18)13(19)7-10/h3-5,7H,6H2,1-2H3,(H,23,24,27). The molecule has 0 unspecified atom stereocenters. The number of nitrogens with zero attached hydrogens (tertiary/aromatic N) is 3. The van der Waals surface area contributed by atoms with Crippen molar-refractivity contribution in [2.75, 3.05) is 0 Å². The molecule has 0 aliphatic heterocycles. The van der Waals surface area contributed by atoms with Crippen molar-refractivity contribution in [3.8, 4) is 5.95 Å². The minimum Gasteiger partial charge on any atom is -0.291 e. The van der Waals surface area contributed by atoms with Crippen molar-refractivity contribution in [2.24, 2.45) is 0 Å². The molecule has 0 radical (unpaired) electrons. The van der Waals surface area contributed by atoms with Crippen LogP contribution < -0.4 is 5.56 Å². The highest BCUT2D eigenvalue weighted by molar-refractivity contribution is 6.42. The van der Waals surface area contributed by atoms with Gasteiger partial charge in [-0.3, -0.25) is 9.78 Å². The number of halogens is 5. The Morgan fingerprint density at radius 1 is 1.15 bits per heavy atom. The molecular formula is C17H13Cl2F3N4O. The average Bonchev–Trinajstić information content (AvgIpc) is 2.90. The third-order valence-electron chi connectivity index (χ3n) is 3.85. The lowest BCUT2D eigenvalue weighted by Gasteiger charge is -2.13. The van der Waals surface area contributed by atoms with Crippen LogP contribution in [-0.2, 0) is 12.6 Å². The smallest absolute Gasteiger partial charge is 0.291 e. The molecule has 10 heteroatoms. The molecule has 0 saturated carbocycles. The summed E-state index contributed by atoms with van der Waals surface area (Å²) >= 11 is 11.7. The summed E-state index contributed by atoms with van der Waals surface area (Å²) in [7, 11) is 0. The van der Waals surface area contributed by atoms with E-state index in [1.165, 1.54) is 18.2 Å². The lowest BCUT2D eigenvalue weighted by atomic mass is 10.0. The number of aromatic nitrogens is 4. The molecule has 0 fully saturated rings. The Kier molecular flexibility index (Phi) is 5.05. The van der Waals surface area contributed by atoms with Gasteiger partial charge in [-0.2, -0.15) is 18.3 Å². The Balaban J connectivity index is 2.15. The van der Waals surface area contributed by atoms with Crippen LogP contribution in [-0.4, -0.2) is 19.7 Å². The molecule has 0 saturated heterocycles. The Morgan fingerprint density at radius 2 is 1.85 bits per heavy atom. The van der Waals surface area contributed by atoms with Gasteiger partial charge in [0.2, 0.25) is 5.95 Å². The minimum absolute atomic E-state index is 0.186. The number of aryl methyl sites for hydroxylation is 2. The van der Waals surface area contributed by atoms with Crippen LogP contribution in [0.2, 0.25) is 10.0 Å². The average molecular weight is 417 g/mol. The van der Waals surface area contributed by atoms with Crippen LogP contribution in [0.4, 0.5) is 13.2 Å². The first-order chi connectivity index (χ1) is 12.6. The van der Waals surface area contributed by atoms with Crippen molar-refractivity contribution < 1.29 is 13.2 Å². The lowest BCUT2D eigenvalue weighted by Crippen LogP contribution is -2.26. The largest absolute Gasteiger partial charge is 0.433 e. The molecular weight excluding hydrogens is 404 g/mol. The third-order valence-corrected chi connectivity index (χ3v) is 4.59. The van der Waals surface area contributed by atoms with Crippen molar-refractivity contribution in [2.45, 2.75) is 26.4 Å². The zero-order valence-electron chi connectivity index (χ0n) is 14.2. The van der Waals surface area contributed by atoms with Gasteiger partial charge in [-0.15, -0.1) is 0 Å². The van der Waals surface area contributed by atoms with Crippen LogP contribution in [0, 0.1) is 13.8 Å². The molecule has 1 N–H and O–H groups in total. The van der Waals surface area contributed by atoms with Gasteiger partial charge in [-0.05, 0) is 37.6 Å². The molecule has 1 aromatic carbocycles. The quantitative estimate of drug-likeness (QED) is 0.683. The van der Waals surface area contributed by atoms with E-state index in [0.717, 1.165) is 4.68 Å². The molecule has 0 aliphatic carbocycles. The minimum atomic E-state index is -4.81. The summed E-state index contributed by atoms with van der Waals surface area (Å²) in [5, 5.41) is 4.52. The summed E-state index contributed by atoms with van der Waals surface area (Å²) < 4.78 is 41.9. The highest BCUT2D eigenvalue weighted by Crippen LogP contribution is 2.31. The molecule has 142 valence electrons. The number of hydrogen-bond acceptors (Lipinski definition) is 3. The number of aromatic amines is 1. The Labute approximate surface area is 161 Å². The molecule has 0 bridgehead atoms. The van der Waals surface area contributed by atoms with Gasteiger partial charge >= 0.3 is 6.18 Å². The van der Waals surface area contributed by atoms with Crippen molar-refractivity contribution in [3.63, 3.8) is 0 Å². The first-order valence-electron chi connectivity index (χ1n) is 7.74. The highest BCUT2D eigenvalue weighted by atomic mass is 35.5. The Hall–Kier alpha value is -2.32. The van der Waals surface area contributed by atoms with E-state index in [2.05, 4.69) is 15.1 Å². The van der Waals surface area contributed by atoms with Gasteiger partial charge < -0.3 is 0 Å². The zero-order chi connectivity index (χ0) is 19.9. The molecule has 3 aromatic rings. The van der Waals surface area contributed by atoms with E-state index in [0.29, 0.717) is 17.0 Å². The molecule has 2 aromatic heterocycles. The fraction of sp³-hybridized carbons (Fsp3) is 0.235. The molecule has 0 amide bonds. The van der Waals surface area contributed by atoms with Gasteiger partial charge in [0, 0.05) is 12.1 Å². The third kappa shape index (κ3) is 4.01. The highest BCUT2D eigenvalue weighted by Gasteiger charge is 2.37. The molecule has 27 heavy (non-hydrogen) atoms. The van der Waals surface area contributed by atoms with Gasteiger partial charge in [0.1, 0.15) is 0 Å². The Bertz CT molecular complexity index is 1070.